The molecule has 0 aliphatic carbocycles. The fourth-order valence-corrected chi connectivity index (χ4v) is 4.24. The van der Waals surface area contributed by atoms with Gasteiger partial charge in [-0.2, -0.15) is 0 Å². The maximum absolute atomic E-state index is 11.6. The topological polar surface area (TPSA) is 23.5 Å². The molecule has 0 spiro atoms. The number of likely N-dealkylation sites (tertiary alicyclic amines) is 1. The quantitative estimate of drug-likeness (QED) is 0.771. The van der Waals surface area contributed by atoms with Crippen LogP contribution in [0.1, 0.15) is 56.6 Å². The fraction of sp³-hybridized carbons (Fsp3) is 0.478. The summed E-state index contributed by atoms with van der Waals surface area (Å²) < 4.78 is 0. The van der Waals surface area contributed by atoms with Crippen LogP contribution in [0.25, 0.3) is 0 Å². The first-order valence-electron chi connectivity index (χ1n) is 9.81. The Labute approximate surface area is 152 Å². The van der Waals surface area contributed by atoms with E-state index in [9.17, 15) is 5.11 Å². The molecule has 0 radical (unpaired) electrons. The number of hydrogen-bond donors (Lipinski definition) is 1. The van der Waals surface area contributed by atoms with Gasteiger partial charge >= 0.3 is 0 Å². The largest absolute Gasteiger partial charge is 0.380 e. The van der Waals surface area contributed by atoms with Gasteiger partial charge in [0.2, 0.25) is 0 Å². The molecule has 3 rings (SSSR count). The van der Waals surface area contributed by atoms with Crippen LogP contribution in [0.15, 0.2) is 60.7 Å². The van der Waals surface area contributed by atoms with Gasteiger partial charge in [0.05, 0.1) is 0 Å². The lowest BCUT2D eigenvalue weighted by molar-refractivity contribution is 0.0590. The highest BCUT2D eigenvalue weighted by atomic mass is 16.3. The minimum absolute atomic E-state index is 0.732. The molecule has 0 amide bonds. The van der Waals surface area contributed by atoms with Crippen molar-refractivity contribution in [3.8, 4) is 0 Å². The van der Waals surface area contributed by atoms with Crippen LogP contribution in [0.2, 0.25) is 0 Å². The van der Waals surface area contributed by atoms with Crippen molar-refractivity contribution in [2.24, 2.45) is 0 Å². The molecule has 2 nitrogen and oxygen atoms in total. The Morgan fingerprint density at radius 1 is 0.960 bits per heavy atom. The van der Waals surface area contributed by atoms with E-state index in [4.69, 9.17) is 0 Å². The zero-order chi connectivity index (χ0) is 17.5. The normalized spacial score (nSPS) is 19.0. The Morgan fingerprint density at radius 2 is 1.56 bits per heavy atom. The maximum atomic E-state index is 11.6. The second-order valence-corrected chi connectivity index (χ2v) is 7.29. The third kappa shape index (κ3) is 4.31. The molecule has 1 aliphatic rings. The van der Waals surface area contributed by atoms with Crippen molar-refractivity contribution in [1.29, 1.82) is 0 Å². The molecular formula is C23H31NO. The van der Waals surface area contributed by atoms with E-state index < -0.39 is 5.60 Å². The maximum Gasteiger partial charge on any atom is 0.115 e. The van der Waals surface area contributed by atoms with Crippen molar-refractivity contribution in [2.45, 2.75) is 57.1 Å². The summed E-state index contributed by atoms with van der Waals surface area (Å²) in [7, 11) is 0. The monoisotopic (exact) mass is 337 g/mol. The molecule has 25 heavy (non-hydrogen) atoms. The SMILES string of the molecule is CCC1CCCCN1CCCC(O)(c1ccccc1)c1ccccc1. The average molecular weight is 338 g/mol. The molecule has 1 fully saturated rings. The van der Waals surface area contributed by atoms with E-state index in [0.717, 1.165) is 36.6 Å². The molecule has 1 saturated heterocycles. The van der Waals surface area contributed by atoms with Gasteiger partial charge in [0.1, 0.15) is 5.60 Å². The van der Waals surface area contributed by atoms with E-state index in [2.05, 4.69) is 11.8 Å². The van der Waals surface area contributed by atoms with Gasteiger partial charge in [-0.15, -0.1) is 0 Å². The van der Waals surface area contributed by atoms with Crippen molar-refractivity contribution >= 4 is 0 Å². The van der Waals surface area contributed by atoms with Gasteiger partial charge in [0.25, 0.3) is 0 Å². The van der Waals surface area contributed by atoms with E-state index in [0.29, 0.717) is 0 Å². The van der Waals surface area contributed by atoms with E-state index >= 15 is 0 Å². The van der Waals surface area contributed by atoms with E-state index in [1.807, 2.05) is 60.7 Å². The van der Waals surface area contributed by atoms with Gasteiger partial charge < -0.3 is 10.0 Å². The highest BCUT2D eigenvalue weighted by Crippen LogP contribution is 2.34. The van der Waals surface area contributed by atoms with Crippen LogP contribution in [0.4, 0.5) is 0 Å². The molecule has 134 valence electrons. The zero-order valence-electron chi connectivity index (χ0n) is 15.4. The first-order valence-corrected chi connectivity index (χ1v) is 9.81. The van der Waals surface area contributed by atoms with Crippen LogP contribution in [-0.4, -0.2) is 29.1 Å². The minimum Gasteiger partial charge on any atom is -0.380 e. The molecule has 1 unspecified atom stereocenters. The Morgan fingerprint density at radius 3 is 2.12 bits per heavy atom. The standard InChI is InChI=1S/C23H31NO/c1-2-22-16-9-10-18-24(22)19-11-17-23(25,20-12-5-3-6-13-20)21-14-7-4-8-15-21/h3-8,12-15,22,25H,2,9-11,16-19H2,1H3. The molecule has 1 heterocycles. The number of piperidine rings is 1. The lowest BCUT2D eigenvalue weighted by Crippen LogP contribution is -2.40. The average Bonchev–Trinajstić information content (AvgIpc) is 2.69. The second kappa shape index (κ2) is 8.64. The first kappa shape index (κ1) is 18.2. The van der Waals surface area contributed by atoms with E-state index in [-0.39, 0.29) is 0 Å². The Hall–Kier alpha value is -1.64. The van der Waals surface area contributed by atoms with Crippen LogP contribution in [0, 0.1) is 0 Å². The number of hydrogen-bond acceptors (Lipinski definition) is 2. The Bertz CT molecular complexity index is 586. The molecule has 2 aromatic rings. The summed E-state index contributed by atoms with van der Waals surface area (Å²) in [6, 6.07) is 21.0. The summed E-state index contributed by atoms with van der Waals surface area (Å²) in [6.45, 7) is 4.60. The fourth-order valence-electron chi connectivity index (χ4n) is 4.24. The molecule has 2 aromatic carbocycles. The van der Waals surface area contributed by atoms with E-state index in [1.54, 1.807) is 0 Å². The smallest absolute Gasteiger partial charge is 0.115 e. The number of benzene rings is 2. The van der Waals surface area contributed by atoms with Gasteiger partial charge in [-0.05, 0) is 56.3 Å². The zero-order valence-corrected chi connectivity index (χ0v) is 15.4. The summed E-state index contributed by atoms with van der Waals surface area (Å²) in [6.07, 6.45) is 7.02. The Kier molecular flexibility index (Phi) is 6.28. The van der Waals surface area contributed by atoms with Crippen LogP contribution in [-0.2, 0) is 5.60 Å². The van der Waals surface area contributed by atoms with Crippen molar-refractivity contribution in [1.82, 2.24) is 4.90 Å². The molecular weight excluding hydrogens is 306 g/mol. The molecule has 0 bridgehead atoms. The summed E-state index contributed by atoms with van der Waals surface area (Å²) in [5.74, 6) is 0. The van der Waals surface area contributed by atoms with Gasteiger partial charge in [-0.1, -0.05) is 74.0 Å². The third-order valence-corrected chi connectivity index (χ3v) is 5.71. The van der Waals surface area contributed by atoms with Gasteiger partial charge in [0.15, 0.2) is 0 Å². The predicted octanol–water partition coefficient (Wildman–Crippen LogP) is 4.97. The summed E-state index contributed by atoms with van der Waals surface area (Å²) in [4.78, 5) is 2.64. The second-order valence-electron chi connectivity index (χ2n) is 7.29. The lowest BCUT2D eigenvalue weighted by atomic mass is 9.82. The van der Waals surface area contributed by atoms with Crippen LogP contribution in [0.5, 0.6) is 0 Å². The number of nitrogens with zero attached hydrogens (tertiary/aromatic N) is 1. The Balaban J connectivity index is 1.73. The van der Waals surface area contributed by atoms with Gasteiger partial charge in [-0.3, -0.25) is 0 Å². The highest BCUT2D eigenvalue weighted by molar-refractivity contribution is 5.35. The molecule has 1 aliphatic heterocycles. The molecule has 2 heteroatoms. The van der Waals surface area contributed by atoms with Gasteiger partial charge in [-0.25, -0.2) is 0 Å². The van der Waals surface area contributed by atoms with Crippen LogP contribution < -0.4 is 0 Å². The van der Waals surface area contributed by atoms with Gasteiger partial charge in [0, 0.05) is 6.04 Å². The van der Waals surface area contributed by atoms with Crippen LogP contribution in [0.3, 0.4) is 0 Å². The van der Waals surface area contributed by atoms with E-state index in [1.165, 1.54) is 32.2 Å². The van der Waals surface area contributed by atoms with Crippen LogP contribution >= 0.6 is 0 Å². The van der Waals surface area contributed by atoms with Crippen molar-refractivity contribution in [3.05, 3.63) is 71.8 Å². The lowest BCUT2D eigenvalue weighted by Gasteiger charge is -2.36. The summed E-state index contributed by atoms with van der Waals surface area (Å²) >= 11 is 0. The molecule has 1 atom stereocenters. The molecule has 0 saturated carbocycles. The summed E-state index contributed by atoms with van der Waals surface area (Å²) in [5, 5.41) is 11.6. The first-order chi connectivity index (χ1) is 12.2. The van der Waals surface area contributed by atoms with Crippen molar-refractivity contribution in [3.63, 3.8) is 0 Å². The predicted molar refractivity (Wildman–Crippen MR) is 105 cm³/mol. The summed E-state index contributed by atoms with van der Waals surface area (Å²) in [5.41, 5.74) is 1.08. The number of aliphatic hydroxyl groups is 1. The third-order valence-electron chi connectivity index (χ3n) is 5.71. The van der Waals surface area contributed by atoms with Crippen molar-refractivity contribution in [2.75, 3.05) is 13.1 Å². The number of rotatable bonds is 7. The minimum atomic E-state index is -0.903. The van der Waals surface area contributed by atoms with Crippen molar-refractivity contribution < 1.29 is 5.11 Å². The molecule has 0 aromatic heterocycles. The highest BCUT2D eigenvalue weighted by Gasteiger charge is 2.31. The molecule has 1 N–H and O–H groups in total.